The third kappa shape index (κ3) is 5.55. The molecule has 1 fully saturated rings. The summed E-state index contributed by atoms with van der Waals surface area (Å²) in [7, 11) is 0. The zero-order chi connectivity index (χ0) is 24.8. The van der Waals surface area contributed by atoms with Crippen LogP contribution in [0.3, 0.4) is 0 Å². The minimum Gasteiger partial charge on any atom is -0.380 e. The molecule has 184 valence electrons. The molecule has 1 aliphatic carbocycles. The van der Waals surface area contributed by atoms with Crippen LogP contribution in [0.15, 0.2) is 17.1 Å². The maximum Gasteiger partial charge on any atom is 0.332 e. The monoisotopic (exact) mass is 474 g/mol. The number of nitrogens with zero attached hydrogens (tertiary/aromatic N) is 1. The molecule has 3 rings (SSSR count). The van der Waals surface area contributed by atoms with Crippen LogP contribution in [0.2, 0.25) is 0 Å². The van der Waals surface area contributed by atoms with E-state index in [1.54, 1.807) is 17.6 Å². The number of carbonyl (C=O) groups excluding carboxylic acids is 3. The fourth-order valence-corrected chi connectivity index (χ4v) is 4.22. The number of hydroxylamine groups is 1. The average Bonchev–Trinajstić information content (AvgIpc) is 2.81. The van der Waals surface area contributed by atoms with Crippen molar-refractivity contribution < 1.29 is 23.6 Å². The maximum absolute atomic E-state index is 15.6. The first-order valence-electron chi connectivity index (χ1n) is 11.7. The predicted molar refractivity (Wildman–Crippen MR) is 127 cm³/mol. The fourth-order valence-electron chi connectivity index (χ4n) is 4.22. The summed E-state index contributed by atoms with van der Waals surface area (Å²) in [6.07, 6.45) is 7.03. The van der Waals surface area contributed by atoms with Gasteiger partial charge in [0.1, 0.15) is 5.56 Å². The van der Waals surface area contributed by atoms with E-state index in [2.05, 4.69) is 10.6 Å². The van der Waals surface area contributed by atoms with E-state index < -0.39 is 29.0 Å². The zero-order valence-corrected chi connectivity index (χ0v) is 19.8. The van der Waals surface area contributed by atoms with E-state index in [4.69, 9.17) is 4.84 Å². The fraction of sp³-hybridized carbons (Fsp3) is 0.500. The van der Waals surface area contributed by atoms with Crippen LogP contribution in [0.5, 0.6) is 0 Å². The van der Waals surface area contributed by atoms with Crippen molar-refractivity contribution in [3.63, 3.8) is 0 Å². The van der Waals surface area contributed by atoms with Crippen molar-refractivity contribution in [1.29, 1.82) is 0 Å². The van der Waals surface area contributed by atoms with Crippen molar-refractivity contribution in [1.82, 2.24) is 10.0 Å². The van der Waals surface area contributed by atoms with Gasteiger partial charge in [-0.25, -0.2) is 9.18 Å². The standard InChI is InChI=1S/C24H31FN4O5/c1-4-9-19(31)34-28-24(33)16-13-29(5-2)18-12-17(27-15-10-7-6-8-11-15)21(25)22(26-14(3)30)20(18)23(16)32/h12-13,15,27H,4-11H2,1-3H3,(H,26,30)(H,28,33). The molecule has 1 heterocycles. The highest BCUT2D eigenvalue weighted by molar-refractivity contribution is 6.05. The third-order valence-corrected chi connectivity index (χ3v) is 5.87. The van der Waals surface area contributed by atoms with Gasteiger partial charge in [0.2, 0.25) is 11.3 Å². The summed E-state index contributed by atoms with van der Waals surface area (Å²) in [6.45, 7) is 5.17. The minimum absolute atomic E-state index is 0.0931. The van der Waals surface area contributed by atoms with Gasteiger partial charge in [-0.15, -0.1) is 0 Å². The van der Waals surface area contributed by atoms with Crippen molar-refractivity contribution in [2.45, 2.75) is 78.3 Å². The molecule has 0 saturated heterocycles. The summed E-state index contributed by atoms with van der Waals surface area (Å²) >= 11 is 0. The number of fused-ring (bicyclic) bond motifs is 1. The number of hydrogen-bond acceptors (Lipinski definition) is 6. The molecule has 0 bridgehead atoms. The molecule has 0 unspecified atom stereocenters. The van der Waals surface area contributed by atoms with Crippen LogP contribution in [0.25, 0.3) is 10.9 Å². The van der Waals surface area contributed by atoms with E-state index in [1.165, 1.54) is 13.1 Å². The van der Waals surface area contributed by atoms with Crippen molar-refractivity contribution in [2.75, 3.05) is 10.6 Å². The number of hydrogen-bond donors (Lipinski definition) is 3. The number of aryl methyl sites for hydroxylation is 1. The quantitative estimate of drug-likeness (QED) is 0.525. The lowest BCUT2D eigenvalue weighted by molar-refractivity contribution is -0.149. The highest BCUT2D eigenvalue weighted by Gasteiger charge is 2.25. The Bertz CT molecular complexity index is 1150. The Labute approximate surface area is 197 Å². The molecule has 1 saturated carbocycles. The second-order valence-corrected chi connectivity index (χ2v) is 8.48. The predicted octanol–water partition coefficient (Wildman–Crippen LogP) is 3.85. The lowest BCUT2D eigenvalue weighted by Gasteiger charge is -2.25. The molecule has 2 aromatic rings. The Hall–Kier alpha value is -3.43. The number of nitrogens with one attached hydrogen (secondary N) is 3. The number of carbonyl (C=O) groups is 3. The molecule has 0 atom stereocenters. The summed E-state index contributed by atoms with van der Waals surface area (Å²) in [5.41, 5.74) is 1.15. The summed E-state index contributed by atoms with van der Waals surface area (Å²) in [5.74, 6) is -2.89. The number of anilines is 2. The zero-order valence-electron chi connectivity index (χ0n) is 19.8. The summed E-state index contributed by atoms with van der Waals surface area (Å²) < 4.78 is 17.2. The van der Waals surface area contributed by atoms with Gasteiger partial charge in [-0.2, -0.15) is 5.48 Å². The molecule has 1 aromatic heterocycles. The van der Waals surface area contributed by atoms with E-state index >= 15 is 4.39 Å². The van der Waals surface area contributed by atoms with Crippen LogP contribution in [-0.4, -0.2) is 28.4 Å². The van der Waals surface area contributed by atoms with Gasteiger partial charge in [-0.1, -0.05) is 26.2 Å². The SMILES string of the molecule is CCCC(=O)ONC(=O)c1cn(CC)c2cc(NC3CCCCC3)c(F)c(NC(C)=O)c2c1=O. The lowest BCUT2D eigenvalue weighted by Crippen LogP contribution is -2.32. The minimum atomic E-state index is -0.933. The maximum atomic E-state index is 15.6. The van der Waals surface area contributed by atoms with Crippen LogP contribution in [0, 0.1) is 5.82 Å². The first-order valence-corrected chi connectivity index (χ1v) is 11.7. The Morgan fingerprint density at radius 1 is 1.18 bits per heavy atom. The molecule has 9 nitrogen and oxygen atoms in total. The van der Waals surface area contributed by atoms with Crippen molar-refractivity contribution in [3.05, 3.63) is 33.9 Å². The number of benzene rings is 1. The van der Waals surface area contributed by atoms with Crippen LogP contribution < -0.4 is 21.5 Å². The lowest BCUT2D eigenvalue weighted by atomic mass is 9.95. The van der Waals surface area contributed by atoms with Gasteiger partial charge in [0.15, 0.2) is 5.82 Å². The van der Waals surface area contributed by atoms with Crippen molar-refractivity contribution in [2.24, 2.45) is 0 Å². The molecule has 34 heavy (non-hydrogen) atoms. The number of aromatic nitrogens is 1. The van der Waals surface area contributed by atoms with Gasteiger partial charge >= 0.3 is 5.97 Å². The number of halogens is 1. The molecule has 1 aromatic carbocycles. The van der Waals surface area contributed by atoms with E-state index in [0.717, 1.165) is 32.1 Å². The van der Waals surface area contributed by atoms with Crippen LogP contribution >= 0.6 is 0 Å². The summed E-state index contributed by atoms with van der Waals surface area (Å²) in [4.78, 5) is 54.2. The first kappa shape index (κ1) is 25.2. The average molecular weight is 475 g/mol. The molecular weight excluding hydrogens is 443 g/mol. The van der Waals surface area contributed by atoms with Gasteiger partial charge in [0, 0.05) is 32.1 Å². The highest BCUT2D eigenvalue weighted by atomic mass is 19.1. The van der Waals surface area contributed by atoms with E-state index in [-0.39, 0.29) is 34.8 Å². The molecule has 3 N–H and O–H groups in total. The van der Waals surface area contributed by atoms with Gasteiger partial charge in [-0.3, -0.25) is 14.4 Å². The van der Waals surface area contributed by atoms with Crippen molar-refractivity contribution in [3.8, 4) is 0 Å². The Morgan fingerprint density at radius 3 is 2.50 bits per heavy atom. The molecule has 0 spiro atoms. The first-order chi connectivity index (χ1) is 16.3. The van der Waals surface area contributed by atoms with Gasteiger partial charge < -0.3 is 20.0 Å². The molecule has 0 aliphatic heterocycles. The molecule has 2 amide bonds. The topological polar surface area (TPSA) is 119 Å². The second kappa shape index (κ2) is 11.1. The van der Waals surface area contributed by atoms with Crippen molar-refractivity contribution >= 4 is 40.1 Å². The van der Waals surface area contributed by atoms with Crippen LogP contribution in [0.1, 0.15) is 76.1 Å². The number of amides is 2. The summed E-state index contributed by atoms with van der Waals surface area (Å²) in [5, 5.41) is 5.54. The van der Waals surface area contributed by atoms with Crippen LogP contribution in [-0.2, 0) is 21.0 Å². The summed E-state index contributed by atoms with van der Waals surface area (Å²) in [6, 6.07) is 1.63. The Kier molecular flexibility index (Phi) is 8.25. The van der Waals surface area contributed by atoms with Gasteiger partial charge in [0.25, 0.3) is 5.91 Å². The molecule has 10 heteroatoms. The van der Waals surface area contributed by atoms with Gasteiger partial charge in [-0.05, 0) is 32.3 Å². The van der Waals surface area contributed by atoms with Gasteiger partial charge in [0.05, 0.1) is 22.3 Å². The third-order valence-electron chi connectivity index (χ3n) is 5.87. The second-order valence-electron chi connectivity index (χ2n) is 8.48. The normalized spacial score (nSPS) is 14.0. The number of rotatable bonds is 7. The van der Waals surface area contributed by atoms with E-state index in [9.17, 15) is 19.2 Å². The smallest absolute Gasteiger partial charge is 0.332 e. The highest BCUT2D eigenvalue weighted by Crippen LogP contribution is 2.33. The number of pyridine rings is 1. The van der Waals surface area contributed by atoms with E-state index in [0.29, 0.717) is 18.5 Å². The molecular formula is C24H31FN4O5. The van der Waals surface area contributed by atoms with Crippen LogP contribution in [0.4, 0.5) is 15.8 Å². The Morgan fingerprint density at radius 2 is 1.88 bits per heavy atom. The largest absolute Gasteiger partial charge is 0.380 e. The molecule has 1 aliphatic rings. The molecule has 0 radical (unpaired) electrons. The van der Waals surface area contributed by atoms with E-state index in [1.807, 2.05) is 12.4 Å². The Balaban J connectivity index is 2.12.